The summed E-state index contributed by atoms with van der Waals surface area (Å²) in [6.45, 7) is 4.49. The van der Waals surface area contributed by atoms with Gasteiger partial charge in [0.2, 0.25) is 11.0 Å². The Morgan fingerprint density at radius 3 is 2.87 bits per heavy atom. The molecule has 1 aliphatic rings. The molecule has 0 spiro atoms. The molecule has 0 aliphatic carbocycles. The molecule has 10 heteroatoms. The molecule has 1 N–H and O–H groups in total. The zero-order chi connectivity index (χ0) is 21.0. The molecule has 5 rings (SSSR count). The van der Waals surface area contributed by atoms with Gasteiger partial charge in [-0.05, 0) is 38.1 Å². The Kier molecular flexibility index (Phi) is 4.97. The van der Waals surface area contributed by atoms with Crippen LogP contribution in [0.3, 0.4) is 0 Å². The highest BCUT2D eigenvalue weighted by Gasteiger charge is 2.35. The first-order valence-corrected chi connectivity index (χ1v) is 11.7. The zero-order valence-electron chi connectivity index (χ0n) is 16.0. The zero-order valence-corrected chi connectivity index (χ0v) is 19.2. The first-order chi connectivity index (χ1) is 14.4. The van der Waals surface area contributed by atoms with Crippen molar-refractivity contribution >= 4 is 67.8 Å². The summed E-state index contributed by atoms with van der Waals surface area (Å²) in [5, 5.41) is 8.95. The van der Waals surface area contributed by atoms with E-state index >= 15 is 0 Å². The van der Waals surface area contributed by atoms with Crippen molar-refractivity contribution in [2.75, 3.05) is 11.9 Å². The molecule has 6 nitrogen and oxygen atoms in total. The van der Waals surface area contributed by atoms with Gasteiger partial charge in [-0.15, -0.1) is 11.3 Å². The van der Waals surface area contributed by atoms with Crippen LogP contribution in [0.4, 0.5) is 5.82 Å². The Morgan fingerprint density at radius 2 is 2.13 bits per heavy atom. The minimum absolute atomic E-state index is 0.0889. The van der Waals surface area contributed by atoms with Crippen molar-refractivity contribution in [3.8, 4) is 10.9 Å². The van der Waals surface area contributed by atoms with E-state index in [1.165, 1.54) is 22.7 Å². The number of rotatable bonds is 4. The number of anilines is 1. The summed E-state index contributed by atoms with van der Waals surface area (Å²) in [4.78, 5) is 18.2. The quantitative estimate of drug-likeness (QED) is 0.388. The van der Waals surface area contributed by atoms with E-state index in [1.807, 2.05) is 32.0 Å². The fraction of sp³-hybridized carbons (Fsp3) is 0.250. The molecule has 30 heavy (non-hydrogen) atoms. The third kappa shape index (κ3) is 3.28. The van der Waals surface area contributed by atoms with Gasteiger partial charge in [0.25, 0.3) is 0 Å². The van der Waals surface area contributed by atoms with Crippen molar-refractivity contribution < 1.29 is 9.53 Å². The van der Waals surface area contributed by atoms with Crippen molar-refractivity contribution in [1.82, 2.24) is 14.8 Å². The van der Waals surface area contributed by atoms with Gasteiger partial charge in [-0.3, -0.25) is 4.79 Å². The topological polar surface area (TPSA) is 69.0 Å². The van der Waals surface area contributed by atoms with Gasteiger partial charge in [0, 0.05) is 22.8 Å². The normalized spacial score (nSPS) is 16.0. The molecule has 4 heterocycles. The standard InChI is InChI=1S/C20H16Cl2N4O2S2/c1-3-28-10-4-5-13-14(6-10)29-20(23-13)26-19-17(9(2)25-26)11(7-16(27)24-19)18-12(21)8-15(22)30-18/h4-6,8,11H,3,7H2,1-2H3,(H,24,27)/t11-/m0/s1. The highest BCUT2D eigenvalue weighted by Crippen LogP contribution is 2.46. The summed E-state index contributed by atoms with van der Waals surface area (Å²) in [6, 6.07) is 7.52. The molecule has 1 amide bonds. The summed E-state index contributed by atoms with van der Waals surface area (Å²) in [6.07, 6.45) is 0.299. The van der Waals surface area contributed by atoms with Gasteiger partial charge in [-0.1, -0.05) is 34.5 Å². The molecule has 0 unspecified atom stereocenters. The fourth-order valence-electron chi connectivity index (χ4n) is 3.74. The van der Waals surface area contributed by atoms with Crippen LogP contribution >= 0.6 is 45.9 Å². The number of ether oxygens (including phenoxy) is 1. The van der Waals surface area contributed by atoms with Gasteiger partial charge < -0.3 is 10.1 Å². The average Bonchev–Trinajstić information content (AvgIpc) is 3.36. The van der Waals surface area contributed by atoms with Crippen molar-refractivity contribution in [3.63, 3.8) is 0 Å². The lowest BCUT2D eigenvalue weighted by Gasteiger charge is -2.23. The number of carbonyl (C=O) groups is 1. The first kappa shape index (κ1) is 19.8. The van der Waals surface area contributed by atoms with E-state index in [0.29, 0.717) is 33.3 Å². The lowest BCUT2D eigenvalue weighted by atomic mass is 9.91. The van der Waals surface area contributed by atoms with Crippen LogP contribution < -0.4 is 10.1 Å². The van der Waals surface area contributed by atoms with E-state index in [4.69, 9.17) is 38.0 Å². The summed E-state index contributed by atoms with van der Waals surface area (Å²) in [7, 11) is 0. The first-order valence-electron chi connectivity index (χ1n) is 9.32. The van der Waals surface area contributed by atoms with Gasteiger partial charge in [0.1, 0.15) is 11.6 Å². The maximum atomic E-state index is 12.6. The van der Waals surface area contributed by atoms with Crippen LogP contribution in [0.2, 0.25) is 9.36 Å². The number of aryl methyl sites for hydroxylation is 1. The molecule has 0 radical (unpaired) electrons. The van der Waals surface area contributed by atoms with Crippen molar-refractivity contribution in [3.05, 3.63) is 49.8 Å². The Hall–Kier alpha value is -2.13. The number of benzene rings is 1. The number of thiazole rings is 1. The lowest BCUT2D eigenvalue weighted by Crippen LogP contribution is -2.24. The molecule has 1 aromatic carbocycles. The summed E-state index contributed by atoms with van der Waals surface area (Å²) >= 11 is 15.5. The predicted octanol–water partition coefficient (Wildman–Crippen LogP) is 6.03. The van der Waals surface area contributed by atoms with E-state index in [2.05, 4.69) is 5.32 Å². The van der Waals surface area contributed by atoms with E-state index in [0.717, 1.165) is 32.1 Å². The molecule has 0 fully saturated rings. The number of fused-ring (bicyclic) bond motifs is 2. The molecule has 3 aromatic heterocycles. The number of aromatic nitrogens is 3. The minimum atomic E-state index is -0.188. The van der Waals surface area contributed by atoms with Crippen LogP contribution in [-0.2, 0) is 4.79 Å². The van der Waals surface area contributed by atoms with Crippen LogP contribution in [0.15, 0.2) is 24.3 Å². The Balaban J connectivity index is 1.64. The Morgan fingerprint density at radius 1 is 1.30 bits per heavy atom. The van der Waals surface area contributed by atoms with Gasteiger partial charge in [0.15, 0.2) is 0 Å². The lowest BCUT2D eigenvalue weighted by molar-refractivity contribution is -0.116. The summed E-state index contributed by atoms with van der Waals surface area (Å²) in [5.41, 5.74) is 2.63. The van der Waals surface area contributed by atoms with Crippen LogP contribution in [0.1, 0.15) is 35.4 Å². The second-order valence-corrected chi connectivity index (χ2v) is 10.0. The third-order valence-electron chi connectivity index (χ3n) is 4.94. The van der Waals surface area contributed by atoms with E-state index in [-0.39, 0.29) is 11.8 Å². The van der Waals surface area contributed by atoms with Crippen LogP contribution in [-0.4, -0.2) is 27.3 Å². The van der Waals surface area contributed by atoms with E-state index < -0.39 is 0 Å². The second-order valence-electron chi connectivity index (χ2n) is 6.89. The molecule has 0 saturated heterocycles. The molecule has 4 aromatic rings. The van der Waals surface area contributed by atoms with E-state index in [1.54, 1.807) is 10.7 Å². The van der Waals surface area contributed by atoms with E-state index in [9.17, 15) is 4.79 Å². The monoisotopic (exact) mass is 478 g/mol. The SMILES string of the molecule is CCOc1ccc2nc(-n3nc(C)c4c3NC(=O)C[C@@H]4c3sc(Cl)cc3Cl)sc2c1. The van der Waals surface area contributed by atoms with Crippen molar-refractivity contribution in [2.45, 2.75) is 26.2 Å². The summed E-state index contributed by atoms with van der Waals surface area (Å²) in [5.74, 6) is 1.16. The average molecular weight is 479 g/mol. The van der Waals surface area contributed by atoms with Gasteiger partial charge in [0.05, 0.1) is 31.9 Å². The largest absolute Gasteiger partial charge is 0.494 e. The molecule has 1 atom stereocenters. The minimum Gasteiger partial charge on any atom is -0.494 e. The molecular formula is C20H16Cl2N4O2S2. The van der Waals surface area contributed by atoms with Crippen LogP contribution in [0.5, 0.6) is 5.75 Å². The number of amides is 1. The Bertz CT molecular complexity index is 1290. The van der Waals surface area contributed by atoms with Gasteiger partial charge in [-0.25, -0.2) is 4.98 Å². The molecule has 1 aliphatic heterocycles. The maximum Gasteiger partial charge on any atom is 0.226 e. The molecule has 0 bridgehead atoms. The highest BCUT2D eigenvalue weighted by atomic mass is 35.5. The van der Waals surface area contributed by atoms with Gasteiger partial charge >= 0.3 is 0 Å². The number of hydrogen-bond acceptors (Lipinski definition) is 6. The molecular weight excluding hydrogens is 463 g/mol. The van der Waals surface area contributed by atoms with Crippen molar-refractivity contribution in [2.24, 2.45) is 0 Å². The number of thiophene rings is 1. The highest BCUT2D eigenvalue weighted by molar-refractivity contribution is 7.20. The molecule has 0 saturated carbocycles. The molecule has 154 valence electrons. The predicted molar refractivity (Wildman–Crippen MR) is 122 cm³/mol. The maximum absolute atomic E-state index is 12.6. The van der Waals surface area contributed by atoms with Crippen molar-refractivity contribution in [1.29, 1.82) is 0 Å². The van der Waals surface area contributed by atoms with Crippen LogP contribution in [0.25, 0.3) is 15.3 Å². The number of halogens is 2. The smallest absolute Gasteiger partial charge is 0.226 e. The third-order valence-corrected chi connectivity index (χ3v) is 7.74. The second kappa shape index (κ2) is 7.53. The Labute approximate surface area is 190 Å². The number of hydrogen-bond donors (Lipinski definition) is 1. The number of nitrogens with zero attached hydrogens (tertiary/aromatic N) is 3. The van der Waals surface area contributed by atoms with Crippen LogP contribution in [0, 0.1) is 6.92 Å². The summed E-state index contributed by atoms with van der Waals surface area (Å²) < 4.78 is 8.89. The van der Waals surface area contributed by atoms with Gasteiger partial charge in [-0.2, -0.15) is 9.78 Å². The fourth-order valence-corrected chi connectivity index (χ4v) is 6.42. The number of carbonyl (C=O) groups excluding carboxylic acids is 1. The number of nitrogens with one attached hydrogen (secondary N) is 1.